The summed E-state index contributed by atoms with van der Waals surface area (Å²) in [5.74, 6) is 1.24. The average molecular weight is 416 g/mol. The van der Waals surface area contributed by atoms with Gasteiger partial charge in [0.05, 0.1) is 12.7 Å². The first kappa shape index (κ1) is 21.5. The van der Waals surface area contributed by atoms with Crippen molar-refractivity contribution in [3.05, 3.63) is 18.1 Å². The van der Waals surface area contributed by atoms with Crippen molar-refractivity contribution in [1.82, 2.24) is 20.2 Å². The normalized spacial score (nSPS) is 24.7. The van der Waals surface area contributed by atoms with Crippen molar-refractivity contribution in [1.29, 1.82) is 0 Å². The maximum absolute atomic E-state index is 12.2. The third kappa shape index (κ3) is 5.49. The fourth-order valence-corrected chi connectivity index (χ4v) is 5.15. The molecule has 1 unspecified atom stereocenters. The Morgan fingerprint density at radius 1 is 1.20 bits per heavy atom. The van der Waals surface area contributed by atoms with E-state index in [1.807, 2.05) is 6.20 Å². The second-order valence-electron chi connectivity index (χ2n) is 9.44. The smallest absolute Gasteiger partial charge is 0.221 e. The second-order valence-corrected chi connectivity index (χ2v) is 9.44. The van der Waals surface area contributed by atoms with E-state index >= 15 is 0 Å². The lowest BCUT2D eigenvalue weighted by molar-refractivity contribution is -0.123. The number of hydrogen-bond donors (Lipinski definition) is 1. The summed E-state index contributed by atoms with van der Waals surface area (Å²) in [5.41, 5.74) is 1.44. The highest BCUT2D eigenvalue weighted by Gasteiger charge is 2.39. The van der Waals surface area contributed by atoms with E-state index < -0.39 is 0 Å². The van der Waals surface area contributed by atoms with Crippen LogP contribution in [0.3, 0.4) is 0 Å². The molecule has 1 aromatic rings. The Hall–Kier alpha value is -1.73. The molecular weight excluding hydrogens is 378 g/mol. The number of nitrogens with zero attached hydrogens (tertiary/aromatic N) is 4. The maximum atomic E-state index is 12.2. The Morgan fingerprint density at radius 2 is 2.00 bits per heavy atom. The standard InChI is InChI=1S/C23H37N5O2/c1-19-15-24-18-26-22(19)28-13-8-23(9-14-28)7-5-20(30-17-23)16-25-21(29)6-12-27-10-3-2-4-11-27/h15,18,20H,2-14,16-17H2,1H3,(H,25,29). The molecule has 1 aromatic heterocycles. The van der Waals surface area contributed by atoms with Gasteiger partial charge in [-0.25, -0.2) is 9.97 Å². The summed E-state index contributed by atoms with van der Waals surface area (Å²) in [5, 5.41) is 3.11. The van der Waals surface area contributed by atoms with Crippen LogP contribution < -0.4 is 10.2 Å². The molecule has 0 aliphatic carbocycles. The molecule has 4 rings (SSSR count). The number of carbonyl (C=O) groups excluding carboxylic acids is 1. The number of piperidine rings is 2. The number of carbonyl (C=O) groups is 1. The van der Waals surface area contributed by atoms with E-state index in [0.29, 0.717) is 18.4 Å². The lowest BCUT2D eigenvalue weighted by Gasteiger charge is -2.46. The number of likely N-dealkylation sites (tertiary alicyclic amines) is 1. The van der Waals surface area contributed by atoms with Crippen LogP contribution in [0.1, 0.15) is 56.9 Å². The van der Waals surface area contributed by atoms with Crippen molar-refractivity contribution in [2.24, 2.45) is 5.41 Å². The lowest BCUT2D eigenvalue weighted by Crippen LogP contribution is -2.48. The molecule has 1 amide bonds. The highest BCUT2D eigenvalue weighted by Crippen LogP contribution is 2.41. The molecule has 7 nitrogen and oxygen atoms in total. The van der Waals surface area contributed by atoms with Crippen LogP contribution in [0.15, 0.2) is 12.5 Å². The van der Waals surface area contributed by atoms with E-state index in [1.54, 1.807) is 6.33 Å². The average Bonchev–Trinajstić information content (AvgIpc) is 2.79. The number of aromatic nitrogens is 2. The fourth-order valence-electron chi connectivity index (χ4n) is 5.15. The molecule has 3 saturated heterocycles. The van der Waals surface area contributed by atoms with Gasteiger partial charge in [-0.3, -0.25) is 4.79 Å². The summed E-state index contributed by atoms with van der Waals surface area (Å²) in [7, 11) is 0. The topological polar surface area (TPSA) is 70.6 Å². The lowest BCUT2D eigenvalue weighted by atomic mass is 9.73. The third-order valence-corrected chi connectivity index (χ3v) is 7.24. The zero-order valence-electron chi connectivity index (χ0n) is 18.4. The Morgan fingerprint density at radius 3 is 2.70 bits per heavy atom. The number of amides is 1. The van der Waals surface area contributed by atoms with E-state index in [0.717, 1.165) is 70.0 Å². The second kappa shape index (κ2) is 10.1. The van der Waals surface area contributed by atoms with E-state index in [9.17, 15) is 4.79 Å². The maximum Gasteiger partial charge on any atom is 0.221 e. The van der Waals surface area contributed by atoms with Gasteiger partial charge < -0.3 is 19.9 Å². The van der Waals surface area contributed by atoms with Crippen LogP contribution in [-0.4, -0.2) is 72.8 Å². The van der Waals surface area contributed by atoms with Gasteiger partial charge in [-0.05, 0) is 64.0 Å². The first-order valence-electron chi connectivity index (χ1n) is 11.8. The molecule has 0 bridgehead atoms. The molecule has 0 saturated carbocycles. The molecule has 4 heterocycles. The van der Waals surface area contributed by atoms with Gasteiger partial charge in [0, 0.05) is 44.4 Å². The fraction of sp³-hybridized carbons (Fsp3) is 0.783. The van der Waals surface area contributed by atoms with E-state index in [2.05, 4.69) is 32.0 Å². The zero-order valence-corrected chi connectivity index (χ0v) is 18.4. The van der Waals surface area contributed by atoms with Gasteiger partial charge in [-0.15, -0.1) is 0 Å². The van der Waals surface area contributed by atoms with Crippen molar-refractivity contribution in [2.45, 2.75) is 64.4 Å². The first-order chi connectivity index (χ1) is 14.6. The van der Waals surface area contributed by atoms with Crippen LogP contribution in [0.25, 0.3) is 0 Å². The Labute approximate surface area is 180 Å². The highest BCUT2D eigenvalue weighted by molar-refractivity contribution is 5.76. The minimum absolute atomic E-state index is 0.164. The largest absolute Gasteiger partial charge is 0.376 e. The molecule has 166 valence electrons. The summed E-state index contributed by atoms with van der Waals surface area (Å²) in [4.78, 5) is 25.6. The molecule has 7 heteroatoms. The van der Waals surface area contributed by atoms with Crippen LogP contribution in [0.2, 0.25) is 0 Å². The summed E-state index contributed by atoms with van der Waals surface area (Å²) in [6, 6.07) is 0. The Bertz CT molecular complexity index is 689. The molecule has 3 aliphatic heterocycles. The van der Waals surface area contributed by atoms with E-state index in [4.69, 9.17) is 4.74 Å². The summed E-state index contributed by atoms with van der Waals surface area (Å²) >= 11 is 0. The van der Waals surface area contributed by atoms with Crippen LogP contribution >= 0.6 is 0 Å². The van der Waals surface area contributed by atoms with Crippen LogP contribution in [0, 0.1) is 12.3 Å². The molecular formula is C23H37N5O2. The number of nitrogens with one attached hydrogen (secondary N) is 1. The molecule has 30 heavy (non-hydrogen) atoms. The molecule has 1 atom stereocenters. The zero-order chi connectivity index (χ0) is 20.8. The van der Waals surface area contributed by atoms with Gasteiger partial charge in [0.15, 0.2) is 0 Å². The third-order valence-electron chi connectivity index (χ3n) is 7.24. The first-order valence-corrected chi connectivity index (χ1v) is 11.8. The Balaban J connectivity index is 1.15. The predicted octanol–water partition coefficient (Wildman–Crippen LogP) is 2.54. The van der Waals surface area contributed by atoms with Crippen LogP contribution in [0.5, 0.6) is 0 Å². The van der Waals surface area contributed by atoms with Gasteiger partial charge in [0.1, 0.15) is 12.1 Å². The number of anilines is 1. The van der Waals surface area contributed by atoms with Gasteiger partial charge in [0.25, 0.3) is 0 Å². The van der Waals surface area contributed by atoms with Crippen LogP contribution in [-0.2, 0) is 9.53 Å². The number of hydrogen-bond acceptors (Lipinski definition) is 6. The summed E-state index contributed by atoms with van der Waals surface area (Å²) in [6.07, 6.45) is 12.7. The van der Waals surface area contributed by atoms with E-state index in [-0.39, 0.29) is 12.0 Å². The number of rotatable bonds is 6. The minimum atomic E-state index is 0.164. The van der Waals surface area contributed by atoms with Gasteiger partial charge in [-0.2, -0.15) is 0 Å². The summed E-state index contributed by atoms with van der Waals surface area (Å²) < 4.78 is 6.21. The van der Waals surface area contributed by atoms with Crippen molar-refractivity contribution >= 4 is 11.7 Å². The van der Waals surface area contributed by atoms with E-state index in [1.165, 1.54) is 25.7 Å². The molecule has 0 aromatic carbocycles. The SMILES string of the molecule is Cc1cncnc1N1CCC2(CCC(CNC(=O)CCN3CCCCC3)OC2)CC1. The highest BCUT2D eigenvalue weighted by atomic mass is 16.5. The molecule has 3 aliphatic rings. The molecule has 1 N–H and O–H groups in total. The van der Waals surface area contributed by atoms with Gasteiger partial charge >= 0.3 is 0 Å². The van der Waals surface area contributed by atoms with Crippen molar-refractivity contribution in [3.8, 4) is 0 Å². The number of aryl methyl sites for hydroxylation is 1. The van der Waals surface area contributed by atoms with Crippen LogP contribution in [0.4, 0.5) is 5.82 Å². The predicted molar refractivity (Wildman–Crippen MR) is 118 cm³/mol. The van der Waals surface area contributed by atoms with Crippen molar-refractivity contribution in [3.63, 3.8) is 0 Å². The monoisotopic (exact) mass is 415 g/mol. The quantitative estimate of drug-likeness (QED) is 0.770. The molecule has 1 spiro atoms. The number of ether oxygens (including phenoxy) is 1. The minimum Gasteiger partial charge on any atom is -0.376 e. The molecule has 3 fully saturated rings. The Kier molecular flexibility index (Phi) is 7.20. The van der Waals surface area contributed by atoms with Gasteiger partial charge in [0.2, 0.25) is 5.91 Å². The van der Waals surface area contributed by atoms with Crippen molar-refractivity contribution in [2.75, 3.05) is 50.8 Å². The van der Waals surface area contributed by atoms with Crippen molar-refractivity contribution < 1.29 is 9.53 Å². The summed E-state index contributed by atoms with van der Waals surface area (Å²) in [6.45, 7) is 8.79. The molecule has 0 radical (unpaired) electrons. The van der Waals surface area contributed by atoms with Gasteiger partial charge in [-0.1, -0.05) is 6.42 Å².